The zero-order valence-electron chi connectivity index (χ0n) is 19.7. The van der Waals surface area contributed by atoms with Crippen LogP contribution in [0.2, 0.25) is 0 Å². The number of fused-ring (bicyclic) bond motifs is 2. The van der Waals surface area contributed by atoms with Crippen molar-refractivity contribution in [1.82, 2.24) is 28.9 Å². The van der Waals surface area contributed by atoms with Crippen LogP contribution in [-0.2, 0) is 24.9 Å². The second-order valence-electron chi connectivity index (χ2n) is 8.59. The lowest BCUT2D eigenvalue weighted by atomic mass is 10.1. The van der Waals surface area contributed by atoms with Crippen LogP contribution in [0, 0.1) is 5.82 Å². The van der Waals surface area contributed by atoms with Crippen LogP contribution in [0.1, 0.15) is 16.1 Å². The molecule has 0 saturated heterocycles. The number of nitrogen functional groups attached to an aromatic ring is 1. The van der Waals surface area contributed by atoms with E-state index in [9.17, 15) is 14.0 Å². The molecule has 186 valence electrons. The largest absolute Gasteiger partial charge is 0.383 e. The highest BCUT2D eigenvalue weighted by Crippen LogP contribution is 2.32. The van der Waals surface area contributed by atoms with Crippen molar-refractivity contribution in [3.05, 3.63) is 82.5 Å². The molecule has 1 aliphatic heterocycles. The number of hydrogen-bond acceptors (Lipinski definition) is 7. The van der Waals surface area contributed by atoms with Crippen LogP contribution in [0.15, 0.2) is 59.9 Å². The predicted octanol–water partition coefficient (Wildman–Crippen LogP) is 2.49. The van der Waals surface area contributed by atoms with Crippen LogP contribution in [0.5, 0.6) is 0 Å². The summed E-state index contributed by atoms with van der Waals surface area (Å²) in [5.74, 6) is -0.404. The molecule has 11 nitrogen and oxygen atoms in total. The zero-order valence-corrected chi connectivity index (χ0v) is 19.7. The molecule has 5 heterocycles. The van der Waals surface area contributed by atoms with Gasteiger partial charge in [0.25, 0.3) is 11.5 Å². The van der Waals surface area contributed by atoms with Crippen LogP contribution >= 0.6 is 0 Å². The number of aryl methyl sites for hydroxylation is 1. The first-order valence-corrected chi connectivity index (χ1v) is 11.4. The van der Waals surface area contributed by atoms with Crippen molar-refractivity contribution in [1.29, 1.82) is 0 Å². The first kappa shape index (κ1) is 22.6. The Kier molecular flexibility index (Phi) is 5.30. The average Bonchev–Trinajstić information content (AvgIpc) is 3.39. The maximum absolute atomic E-state index is 13.5. The lowest BCUT2D eigenvalue weighted by Crippen LogP contribution is -2.26. The molecule has 0 unspecified atom stereocenters. The van der Waals surface area contributed by atoms with E-state index in [2.05, 4.69) is 20.3 Å². The van der Waals surface area contributed by atoms with Gasteiger partial charge in [-0.1, -0.05) is 0 Å². The zero-order chi connectivity index (χ0) is 25.7. The number of ether oxygens (including phenoxy) is 1. The molecule has 12 heteroatoms. The van der Waals surface area contributed by atoms with Gasteiger partial charge in [-0.2, -0.15) is 0 Å². The molecule has 0 saturated carbocycles. The third kappa shape index (κ3) is 3.74. The van der Waals surface area contributed by atoms with E-state index in [-0.39, 0.29) is 18.0 Å². The Morgan fingerprint density at radius 2 is 1.95 bits per heavy atom. The van der Waals surface area contributed by atoms with E-state index in [4.69, 9.17) is 10.5 Å². The summed E-state index contributed by atoms with van der Waals surface area (Å²) in [6, 6.07) is 8.95. The summed E-state index contributed by atoms with van der Waals surface area (Å²) in [5.41, 5.74) is 8.68. The smallest absolute Gasteiger partial charge is 0.284 e. The number of benzene rings is 1. The number of nitrogens with one attached hydrogen (secondary N) is 1. The fourth-order valence-electron chi connectivity index (χ4n) is 4.62. The lowest BCUT2D eigenvalue weighted by Gasteiger charge is -2.19. The minimum absolute atomic E-state index is 0.0473. The third-order valence-electron chi connectivity index (χ3n) is 6.33. The highest BCUT2D eigenvalue weighted by atomic mass is 19.1. The summed E-state index contributed by atoms with van der Waals surface area (Å²) in [6.45, 7) is 0.860. The second kappa shape index (κ2) is 8.68. The summed E-state index contributed by atoms with van der Waals surface area (Å²) in [6.07, 6.45) is 4.90. The van der Waals surface area contributed by atoms with E-state index >= 15 is 0 Å². The van der Waals surface area contributed by atoms with Crippen LogP contribution in [0.3, 0.4) is 0 Å². The summed E-state index contributed by atoms with van der Waals surface area (Å²) >= 11 is 0. The van der Waals surface area contributed by atoms with Crippen molar-refractivity contribution in [3.63, 3.8) is 0 Å². The molecule has 0 aliphatic carbocycles. The minimum Gasteiger partial charge on any atom is -0.383 e. The molecule has 1 aromatic carbocycles. The number of carbonyl (C=O) groups excluding carboxylic acids is 1. The topological polar surface area (TPSA) is 135 Å². The molecule has 5 aromatic rings. The molecule has 0 atom stereocenters. The lowest BCUT2D eigenvalue weighted by molar-refractivity contribution is 0.0756. The first-order chi connectivity index (χ1) is 17.9. The second-order valence-corrected chi connectivity index (χ2v) is 8.59. The number of aromatic nitrogens is 6. The highest BCUT2D eigenvalue weighted by Gasteiger charge is 2.28. The van der Waals surface area contributed by atoms with Gasteiger partial charge in [-0.15, -0.1) is 0 Å². The van der Waals surface area contributed by atoms with Crippen molar-refractivity contribution in [2.24, 2.45) is 7.05 Å². The van der Waals surface area contributed by atoms with Gasteiger partial charge in [0.15, 0.2) is 0 Å². The number of pyridine rings is 1. The van der Waals surface area contributed by atoms with E-state index in [1.165, 1.54) is 35.3 Å². The molecule has 4 aromatic heterocycles. The van der Waals surface area contributed by atoms with Crippen molar-refractivity contribution in [3.8, 4) is 16.8 Å². The van der Waals surface area contributed by atoms with E-state index in [0.29, 0.717) is 41.4 Å². The number of hydrogen-bond donors (Lipinski definition) is 2. The van der Waals surface area contributed by atoms with Gasteiger partial charge in [-0.05, 0) is 36.4 Å². The summed E-state index contributed by atoms with van der Waals surface area (Å²) in [4.78, 5) is 39.3. The predicted molar refractivity (Wildman–Crippen MR) is 134 cm³/mol. The Balaban J connectivity index is 1.33. The molecular formula is C25H21FN8O3. The summed E-state index contributed by atoms with van der Waals surface area (Å²) in [5, 5.41) is 3.42. The number of nitrogens with zero attached hydrogens (tertiary/aromatic N) is 6. The number of anilines is 2. The summed E-state index contributed by atoms with van der Waals surface area (Å²) < 4.78 is 23.9. The monoisotopic (exact) mass is 500 g/mol. The molecule has 0 spiro atoms. The van der Waals surface area contributed by atoms with Gasteiger partial charge < -0.3 is 20.4 Å². The SMILES string of the molecule is Cn1cc(-c2ccc(NC(=O)c3c4n(n(-c5ccc(F)cc5)c3=O)CCOC4)nc2)c2c(N)ncnc21. The number of carbonyl (C=O) groups is 1. The van der Waals surface area contributed by atoms with Crippen LogP contribution in [-0.4, -0.2) is 41.4 Å². The Labute approximate surface area is 208 Å². The van der Waals surface area contributed by atoms with E-state index in [1.807, 2.05) is 17.8 Å². The number of halogens is 1. The fraction of sp³-hybridized carbons (Fsp3) is 0.160. The Hall–Kier alpha value is -4.84. The number of rotatable bonds is 4. The summed E-state index contributed by atoms with van der Waals surface area (Å²) in [7, 11) is 1.86. The van der Waals surface area contributed by atoms with Crippen molar-refractivity contribution in [2.75, 3.05) is 17.7 Å². The van der Waals surface area contributed by atoms with Crippen LogP contribution in [0.25, 0.3) is 27.8 Å². The van der Waals surface area contributed by atoms with Gasteiger partial charge >= 0.3 is 0 Å². The van der Waals surface area contributed by atoms with Gasteiger partial charge in [0.05, 0.1) is 36.5 Å². The van der Waals surface area contributed by atoms with Gasteiger partial charge in [0, 0.05) is 30.6 Å². The van der Waals surface area contributed by atoms with Gasteiger partial charge in [-0.25, -0.2) is 24.0 Å². The average molecular weight is 500 g/mol. The van der Waals surface area contributed by atoms with E-state index in [1.54, 1.807) is 23.0 Å². The van der Waals surface area contributed by atoms with Gasteiger partial charge in [-0.3, -0.25) is 14.3 Å². The quantitative estimate of drug-likeness (QED) is 0.387. The number of nitrogens with two attached hydrogens (primary N) is 1. The molecule has 0 fully saturated rings. The minimum atomic E-state index is -0.608. The molecular weight excluding hydrogens is 479 g/mol. The van der Waals surface area contributed by atoms with Crippen LogP contribution in [0.4, 0.5) is 16.0 Å². The van der Waals surface area contributed by atoms with Crippen molar-refractivity contribution >= 4 is 28.6 Å². The van der Waals surface area contributed by atoms with Crippen molar-refractivity contribution < 1.29 is 13.9 Å². The maximum atomic E-state index is 13.5. The van der Waals surface area contributed by atoms with Crippen LogP contribution < -0.4 is 16.6 Å². The number of amides is 1. The normalized spacial score (nSPS) is 13.0. The fourth-order valence-corrected chi connectivity index (χ4v) is 4.62. The molecule has 0 bridgehead atoms. The van der Waals surface area contributed by atoms with E-state index in [0.717, 1.165) is 11.1 Å². The molecule has 3 N–H and O–H groups in total. The Bertz CT molecular complexity index is 1720. The van der Waals surface area contributed by atoms with Crippen molar-refractivity contribution in [2.45, 2.75) is 13.2 Å². The highest BCUT2D eigenvalue weighted by molar-refractivity contribution is 6.05. The standard InChI is InChI=1S/C25H21FN8O3/c1-32-11-17(20-22(27)29-13-30-23(20)32)14-2-7-19(28-10-14)31-24(35)21-18-12-37-9-8-33(18)34(25(21)36)16-5-3-15(26)4-6-16/h2-7,10-11,13H,8-9,12H2,1H3,(H2,27,29,30)(H,28,31,35). The molecule has 0 radical (unpaired) electrons. The van der Waals surface area contributed by atoms with E-state index < -0.39 is 17.3 Å². The van der Waals surface area contributed by atoms with Gasteiger partial charge in [0.1, 0.15) is 35.0 Å². The maximum Gasteiger partial charge on any atom is 0.284 e. The Morgan fingerprint density at radius 1 is 1.14 bits per heavy atom. The Morgan fingerprint density at radius 3 is 2.70 bits per heavy atom. The molecule has 1 aliphatic rings. The first-order valence-electron chi connectivity index (χ1n) is 11.4. The molecule has 6 rings (SSSR count). The molecule has 37 heavy (non-hydrogen) atoms. The third-order valence-corrected chi connectivity index (χ3v) is 6.33. The van der Waals surface area contributed by atoms with Gasteiger partial charge in [0.2, 0.25) is 0 Å². The molecule has 1 amide bonds.